The maximum absolute atomic E-state index is 14.9. The molecule has 0 aliphatic carbocycles. The zero-order valence-corrected chi connectivity index (χ0v) is 60.5. The molecule has 32 nitrogen and oxygen atoms in total. The van der Waals surface area contributed by atoms with Gasteiger partial charge in [0.15, 0.2) is 8.32 Å². The Labute approximate surface area is 561 Å². The van der Waals surface area contributed by atoms with E-state index in [-0.39, 0.29) is 88.3 Å². The van der Waals surface area contributed by atoms with Crippen LogP contribution in [0.25, 0.3) is 9.69 Å². The number of aliphatic hydroxyl groups excluding tert-OH is 1. The fourth-order valence-corrected chi connectivity index (χ4v) is 17.1. The van der Waals surface area contributed by atoms with Crippen LogP contribution >= 0.6 is 15.6 Å². The van der Waals surface area contributed by atoms with Crippen LogP contribution in [0.5, 0.6) is 0 Å². The first-order valence-corrected chi connectivity index (χ1v) is 38.6. The van der Waals surface area contributed by atoms with Crippen LogP contribution in [0.2, 0.25) is 18.1 Å². The molecule has 8 rings (SSSR count). The van der Waals surface area contributed by atoms with Crippen molar-refractivity contribution in [2.45, 2.75) is 257 Å². The van der Waals surface area contributed by atoms with Crippen molar-refractivity contribution >= 4 is 24.0 Å². The Hall–Kier alpha value is -6.10. The first-order valence-electron chi connectivity index (χ1n) is 32.7. The highest BCUT2D eigenvalue weighted by molar-refractivity contribution is 7.48. The molecule has 4 aromatic rings. The summed E-state index contributed by atoms with van der Waals surface area (Å²) < 4.78 is 103. The molecule has 0 saturated carbocycles. The van der Waals surface area contributed by atoms with Gasteiger partial charge in [-0.15, -0.1) is 0 Å². The van der Waals surface area contributed by atoms with E-state index in [1.807, 2.05) is 27.7 Å². The summed E-state index contributed by atoms with van der Waals surface area (Å²) in [5.74, 6) is 0. The van der Waals surface area contributed by atoms with Gasteiger partial charge in [0.25, 0.3) is 22.2 Å². The van der Waals surface area contributed by atoms with Crippen LogP contribution in [0.1, 0.15) is 174 Å². The van der Waals surface area contributed by atoms with E-state index in [0.29, 0.717) is 29.5 Å². The lowest BCUT2D eigenvalue weighted by Gasteiger charge is -2.44. The lowest BCUT2D eigenvalue weighted by molar-refractivity contribution is -0.143. The average molecular weight is 1420 g/mol. The molecule has 2 unspecified atom stereocenters. The molecule has 14 atom stereocenters. The van der Waals surface area contributed by atoms with Crippen LogP contribution in [0, 0.1) is 40.8 Å². The van der Waals surface area contributed by atoms with Gasteiger partial charge in [0.2, 0.25) is 13.1 Å². The molecule has 4 aromatic heterocycles. The van der Waals surface area contributed by atoms with Crippen LogP contribution < -0.4 is 45.0 Å². The van der Waals surface area contributed by atoms with Gasteiger partial charge in [0, 0.05) is 72.7 Å². The predicted molar refractivity (Wildman–Crippen MR) is 356 cm³/mol. The van der Waals surface area contributed by atoms with Gasteiger partial charge in [-0.1, -0.05) is 62.3 Å². The zero-order chi connectivity index (χ0) is 71.9. The third kappa shape index (κ3) is 17.7. The molecular formula is C62H94N10O22P2Si. The summed E-state index contributed by atoms with van der Waals surface area (Å²) in [5.41, 5.74) is -6.29. The summed E-state index contributed by atoms with van der Waals surface area (Å²) in [6, 6.07) is 0. The van der Waals surface area contributed by atoms with Crippen molar-refractivity contribution in [2.24, 2.45) is 0 Å². The minimum atomic E-state index is -4.54. The highest BCUT2D eigenvalue weighted by Crippen LogP contribution is 2.61. The molecular weight excluding hydrogens is 1330 g/mol. The summed E-state index contributed by atoms with van der Waals surface area (Å²) in [6.45, 7) is 41.3. The molecule has 8 heterocycles. The summed E-state index contributed by atoms with van der Waals surface area (Å²) in [6.07, 6.45) is -2.54. The summed E-state index contributed by atoms with van der Waals surface area (Å²) in [5, 5.41) is 11.0. The van der Waals surface area contributed by atoms with E-state index in [4.69, 9.17) is 63.7 Å². The standard InChI is InChI=1S/C34H54N5O11PSi.C28H40N5O11P/c1-12-23-24(17-26(46-23)38-19-21(4)29(40)36-31(38)42)48-51(44,45-16-15-35-9)50-34(13-2,14-3)28-25(49-52(10,11)33(6,7)8)18-27(47-28)39-20-22(5)30(41)37-32(39)43;1-7-19-20(13-22(41-19)33-15-17(5)25(36)31-27(33)38)43-45(39,40-11-10-29-6)44-28(8-2,9-3)23-18(34)12-21(42-23)32-14-16(4)24(35)30-26(32)37/h19-20,23-28H,12-18H2,1-8,10-11H3,(H,36,40,42)(H,37,41,43);14-15,18-23,34H,7-13H2,1-5H3,(H,30,35,37)(H,31,36,38)/t23-,24-,25-,26-,27-,28+,51?;18-,19-,20-,21-,22-,23+,45?/m11/s1. The lowest BCUT2D eigenvalue weighted by atomic mass is 9.87. The maximum Gasteiger partial charge on any atom is 0.476 e. The minimum absolute atomic E-state index is 0.0195. The second kappa shape index (κ2) is 32.0. The normalized spacial score (nSPS) is 25.8. The van der Waals surface area contributed by atoms with Crippen molar-refractivity contribution in [1.29, 1.82) is 0 Å². The Morgan fingerprint density at radius 2 is 0.835 bits per heavy atom. The number of nitrogens with one attached hydrogen (secondary N) is 4. The van der Waals surface area contributed by atoms with Crippen LogP contribution in [-0.4, -0.2) is 138 Å². The number of ether oxygens (including phenoxy) is 4. The topological polar surface area (TPSA) is 384 Å². The quantitative estimate of drug-likeness (QED) is 0.0163. The van der Waals surface area contributed by atoms with Gasteiger partial charge in [0.05, 0.1) is 36.6 Å². The molecule has 97 heavy (non-hydrogen) atoms. The number of hydrogen-bond acceptors (Lipinski definition) is 22. The van der Waals surface area contributed by atoms with E-state index in [1.54, 1.807) is 34.6 Å². The molecule has 4 saturated heterocycles. The van der Waals surface area contributed by atoms with Crippen molar-refractivity contribution in [3.05, 3.63) is 153 Å². The van der Waals surface area contributed by atoms with Crippen LogP contribution in [0.15, 0.2) is 63.1 Å². The molecule has 4 aliphatic rings. The fourth-order valence-electron chi connectivity index (χ4n) is 12.1. The van der Waals surface area contributed by atoms with Crippen LogP contribution in [0.4, 0.5) is 0 Å². The maximum atomic E-state index is 14.9. The number of aryl methyl sites for hydroxylation is 4. The molecule has 538 valence electrons. The van der Waals surface area contributed by atoms with Gasteiger partial charge in [-0.3, -0.25) is 84.5 Å². The zero-order valence-electron chi connectivity index (χ0n) is 57.7. The van der Waals surface area contributed by atoms with Gasteiger partial charge in [-0.05, 0) is 84.4 Å². The van der Waals surface area contributed by atoms with Crippen molar-refractivity contribution in [1.82, 2.24) is 38.2 Å². The Morgan fingerprint density at radius 1 is 0.526 bits per heavy atom. The second-order valence-electron chi connectivity index (χ2n) is 26.3. The molecule has 5 N–H and O–H groups in total. The minimum Gasteiger partial charge on any atom is -0.411 e. The number of hydrogen-bond donors (Lipinski definition) is 5. The van der Waals surface area contributed by atoms with Crippen molar-refractivity contribution in [3.8, 4) is 0 Å². The van der Waals surface area contributed by atoms with Gasteiger partial charge < -0.3 is 38.2 Å². The first kappa shape index (κ1) is 78.2. The van der Waals surface area contributed by atoms with E-state index < -0.39 is 154 Å². The van der Waals surface area contributed by atoms with Crippen molar-refractivity contribution in [3.63, 3.8) is 0 Å². The molecule has 0 radical (unpaired) electrons. The third-order valence-corrected chi connectivity index (χ3v) is 26.6. The Kier molecular flexibility index (Phi) is 25.8. The number of aromatic nitrogens is 8. The van der Waals surface area contributed by atoms with Crippen molar-refractivity contribution in [2.75, 3.05) is 26.3 Å². The van der Waals surface area contributed by atoms with Crippen LogP contribution in [0.3, 0.4) is 0 Å². The highest BCUT2D eigenvalue weighted by atomic mass is 31.2. The molecule has 0 amide bonds. The molecule has 0 bridgehead atoms. The first-order chi connectivity index (χ1) is 45.5. The molecule has 0 spiro atoms. The number of H-pyrrole nitrogens is 4. The number of phosphoric ester groups is 2. The van der Waals surface area contributed by atoms with E-state index in [0.717, 1.165) is 0 Å². The summed E-state index contributed by atoms with van der Waals surface area (Å²) >= 11 is 0. The van der Waals surface area contributed by atoms with Gasteiger partial charge >= 0.3 is 38.4 Å². The largest absolute Gasteiger partial charge is 0.476 e. The van der Waals surface area contributed by atoms with Gasteiger partial charge in [0.1, 0.15) is 61.5 Å². The second-order valence-corrected chi connectivity index (χ2v) is 34.1. The number of aliphatic hydroxyl groups is 1. The monoisotopic (exact) mass is 1420 g/mol. The van der Waals surface area contributed by atoms with E-state index in [2.05, 4.69) is 63.5 Å². The van der Waals surface area contributed by atoms with E-state index in [1.165, 1.54) is 50.0 Å². The molecule has 4 fully saturated rings. The van der Waals surface area contributed by atoms with E-state index in [9.17, 15) is 52.6 Å². The SMILES string of the molecule is [C-]#[N+]CCOP(=O)(O[C@@H]1C[C@H](n2cc(C)c(=O)[nH]c2=O)O[C@@H]1CC)OC(CC)(CC)[C@H]1O[C@@H](n2cc(C)c(=O)[nH]c2=O)C[C@H]1O.[C-]#[N+]CCOP(=O)(O[C@@H]1C[C@H](n2cc(C)c(=O)[nH]c2=O)O[C@@H]1CC)OC(CC)(CC)[C@H]1O[C@@H](n2cc(C)c(=O)[nH]c2=O)C[C@H]1O[Si](C)(C)C(C)(C)C. The van der Waals surface area contributed by atoms with E-state index >= 15 is 0 Å². The fraction of sp³-hybridized carbons (Fsp3) is 0.710. The Morgan fingerprint density at radius 3 is 1.15 bits per heavy atom. The number of nitrogens with zero attached hydrogens (tertiary/aromatic N) is 6. The Bertz CT molecular complexity index is 4110. The number of aromatic amines is 4. The van der Waals surface area contributed by atoms with Gasteiger partial charge in [-0.25, -0.2) is 41.5 Å². The predicted octanol–water partition coefficient (Wildman–Crippen LogP) is 7.14. The lowest BCUT2D eigenvalue weighted by Crippen LogP contribution is -2.53. The molecule has 35 heteroatoms. The van der Waals surface area contributed by atoms with Crippen molar-refractivity contribution < 1.29 is 64.8 Å². The molecule has 0 aromatic carbocycles. The third-order valence-electron chi connectivity index (χ3n) is 18.9. The average Bonchev–Trinajstić information content (AvgIpc) is 1.67. The molecule has 4 aliphatic heterocycles. The van der Waals surface area contributed by atoms with Gasteiger partial charge in [-0.2, -0.15) is 0 Å². The number of rotatable bonds is 28. The smallest absolute Gasteiger partial charge is 0.411 e. The highest BCUT2D eigenvalue weighted by Gasteiger charge is 2.58. The number of phosphoric acid groups is 2. The summed E-state index contributed by atoms with van der Waals surface area (Å²) in [4.78, 5) is 115. The Balaban J connectivity index is 0.000000276. The summed E-state index contributed by atoms with van der Waals surface area (Å²) in [7, 11) is -11.5. The van der Waals surface area contributed by atoms with Crippen LogP contribution in [-0.2, 0) is 59.6 Å².